The van der Waals surface area contributed by atoms with Crippen molar-refractivity contribution in [1.29, 1.82) is 0 Å². The molecule has 2 N–H and O–H groups in total. The summed E-state index contributed by atoms with van der Waals surface area (Å²) in [5.74, 6) is 0.787. The molecular formula is C10H21NO2S. The summed E-state index contributed by atoms with van der Waals surface area (Å²) in [4.78, 5) is 11.3. The molecule has 0 saturated carbocycles. The number of nitrogens with two attached hydrogens (primary N) is 1. The van der Waals surface area contributed by atoms with Gasteiger partial charge in [0.25, 0.3) is 0 Å². The van der Waals surface area contributed by atoms with E-state index in [0.717, 1.165) is 12.2 Å². The monoisotopic (exact) mass is 219 g/mol. The first-order valence-corrected chi connectivity index (χ1v) is 6.21. The van der Waals surface area contributed by atoms with Crippen LogP contribution in [0.4, 0.5) is 0 Å². The van der Waals surface area contributed by atoms with Gasteiger partial charge in [0.05, 0.1) is 6.42 Å². The molecule has 0 aromatic heterocycles. The van der Waals surface area contributed by atoms with E-state index in [4.69, 9.17) is 10.5 Å². The topological polar surface area (TPSA) is 52.3 Å². The molecule has 0 heterocycles. The van der Waals surface area contributed by atoms with Crippen LogP contribution in [0.25, 0.3) is 0 Å². The predicted molar refractivity (Wildman–Crippen MR) is 61.4 cm³/mol. The van der Waals surface area contributed by atoms with Crippen LogP contribution >= 0.6 is 11.8 Å². The molecule has 0 aliphatic carbocycles. The Kier molecular flexibility index (Phi) is 6.20. The van der Waals surface area contributed by atoms with Crippen molar-refractivity contribution >= 4 is 17.7 Å². The van der Waals surface area contributed by atoms with E-state index in [1.165, 1.54) is 0 Å². The third-order valence-electron chi connectivity index (χ3n) is 1.54. The second kappa shape index (κ2) is 6.30. The molecule has 0 aromatic rings. The first kappa shape index (κ1) is 13.8. The largest absolute Gasteiger partial charge is 0.460 e. The molecule has 0 bridgehead atoms. The molecule has 0 radical (unpaired) electrons. The Morgan fingerprint density at radius 3 is 2.50 bits per heavy atom. The Morgan fingerprint density at radius 1 is 1.50 bits per heavy atom. The first-order valence-electron chi connectivity index (χ1n) is 4.81. The van der Waals surface area contributed by atoms with Gasteiger partial charge in [-0.15, -0.1) is 0 Å². The van der Waals surface area contributed by atoms with Crippen molar-refractivity contribution < 1.29 is 9.53 Å². The minimum Gasteiger partial charge on any atom is -0.460 e. The van der Waals surface area contributed by atoms with E-state index >= 15 is 0 Å². The average Bonchev–Trinajstić information content (AvgIpc) is 1.96. The van der Waals surface area contributed by atoms with Crippen LogP contribution in [-0.4, -0.2) is 29.6 Å². The number of esters is 1. The van der Waals surface area contributed by atoms with Crippen molar-refractivity contribution in [2.24, 2.45) is 5.73 Å². The minimum atomic E-state index is -0.406. The highest BCUT2D eigenvalue weighted by atomic mass is 32.2. The summed E-state index contributed by atoms with van der Waals surface area (Å²) in [6, 6.07) is -0.0719. The van der Waals surface area contributed by atoms with Crippen LogP contribution in [-0.2, 0) is 9.53 Å². The van der Waals surface area contributed by atoms with E-state index in [9.17, 15) is 4.79 Å². The van der Waals surface area contributed by atoms with Crippen LogP contribution in [0, 0.1) is 0 Å². The summed E-state index contributed by atoms with van der Waals surface area (Å²) >= 11 is 1.74. The Bertz CT molecular complexity index is 177. The van der Waals surface area contributed by atoms with Gasteiger partial charge in [-0.25, -0.2) is 0 Å². The van der Waals surface area contributed by atoms with Crippen molar-refractivity contribution in [2.75, 3.05) is 12.0 Å². The lowest BCUT2D eigenvalue weighted by molar-refractivity contribution is -0.155. The van der Waals surface area contributed by atoms with Crippen LogP contribution in [0.1, 0.15) is 33.6 Å². The van der Waals surface area contributed by atoms with E-state index < -0.39 is 5.60 Å². The molecule has 0 saturated heterocycles. The maximum absolute atomic E-state index is 11.3. The maximum atomic E-state index is 11.3. The third kappa shape index (κ3) is 8.38. The molecule has 1 atom stereocenters. The molecule has 84 valence electrons. The van der Waals surface area contributed by atoms with E-state index in [1.807, 2.05) is 27.0 Å². The minimum absolute atomic E-state index is 0.0719. The quantitative estimate of drug-likeness (QED) is 0.716. The predicted octanol–water partition coefficient (Wildman–Crippen LogP) is 1.80. The second-order valence-corrected chi connectivity index (χ2v) is 5.32. The molecule has 0 rings (SSSR count). The maximum Gasteiger partial charge on any atom is 0.307 e. The highest BCUT2D eigenvalue weighted by Crippen LogP contribution is 2.10. The number of carbonyl (C=O) groups excluding carboxylic acids is 1. The molecule has 0 amide bonds. The zero-order chi connectivity index (χ0) is 11.2. The fourth-order valence-corrected chi connectivity index (χ4v) is 1.51. The standard InChI is InChI=1S/C10H21NO2S/c1-10(2,3)13-9(12)7-8(11)5-6-14-4/h8H,5-7,11H2,1-4H3/t8-/m0/s1. The Labute approximate surface area is 90.8 Å². The highest BCUT2D eigenvalue weighted by molar-refractivity contribution is 7.98. The smallest absolute Gasteiger partial charge is 0.307 e. The summed E-state index contributed by atoms with van der Waals surface area (Å²) in [6.07, 6.45) is 3.21. The molecule has 14 heavy (non-hydrogen) atoms. The van der Waals surface area contributed by atoms with Gasteiger partial charge in [-0.3, -0.25) is 4.79 Å². The molecule has 0 unspecified atom stereocenters. The van der Waals surface area contributed by atoms with Gasteiger partial charge in [-0.05, 0) is 39.2 Å². The average molecular weight is 219 g/mol. The van der Waals surface area contributed by atoms with E-state index in [-0.39, 0.29) is 12.0 Å². The molecular weight excluding hydrogens is 198 g/mol. The zero-order valence-corrected chi connectivity index (χ0v) is 10.3. The lowest BCUT2D eigenvalue weighted by atomic mass is 10.1. The third-order valence-corrected chi connectivity index (χ3v) is 2.19. The van der Waals surface area contributed by atoms with Gasteiger partial charge in [0, 0.05) is 6.04 Å². The van der Waals surface area contributed by atoms with Crippen LogP contribution in [0.15, 0.2) is 0 Å². The van der Waals surface area contributed by atoms with E-state index in [0.29, 0.717) is 6.42 Å². The normalized spacial score (nSPS) is 13.8. The molecule has 3 nitrogen and oxygen atoms in total. The number of carbonyl (C=O) groups is 1. The molecule has 0 fully saturated rings. The lowest BCUT2D eigenvalue weighted by Crippen LogP contribution is -2.30. The molecule has 0 aliphatic rings. The fourth-order valence-electron chi connectivity index (χ4n) is 0.969. The van der Waals surface area contributed by atoms with Crippen molar-refractivity contribution in [3.63, 3.8) is 0 Å². The summed E-state index contributed by atoms with van der Waals surface area (Å²) < 4.78 is 5.16. The van der Waals surface area contributed by atoms with E-state index in [1.54, 1.807) is 11.8 Å². The van der Waals surface area contributed by atoms with Crippen molar-refractivity contribution in [3.8, 4) is 0 Å². The number of hydrogen-bond donors (Lipinski definition) is 1. The van der Waals surface area contributed by atoms with Gasteiger partial charge in [0.15, 0.2) is 0 Å². The van der Waals surface area contributed by atoms with Crippen LogP contribution < -0.4 is 5.73 Å². The Hall–Kier alpha value is -0.220. The summed E-state index contributed by atoms with van der Waals surface area (Å²) in [7, 11) is 0. The molecule has 0 spiro atoms. The molecule has 0 aliphatic heterocycles. The van der Waals surface area contributed by atoms with Crippen molar-refractivity contribution in [3.05, 3.63) is 0 Å². The summed E-state index contributed by atoms with van der Waals surface area (Å²) in [6.45, 7) is 5.58. The summed E-state index contributed by atoms with van der Waals surface area (Å²) in [5.41, 5.74) is 5.36. The van der Waals surface area contributed by atoms with Crippen LogP contribution in [0.5, 0.6) is 0 Å². The Balaban J connectivity index is 3.71. The summed E-state index contributed by atoms with van der Waals surface area (Å²) in [5, 5.41) is 0. The van der Waals surface area contributed by atoms with Crippen molar-refractivity contribution in [1.82, 2.24) is 0 Å². The molecule has 0 aromatic carbocycles. The van der Waals surface area contributed by atoms with Gasteiger partial charge in [-0.1, -0.05) is 0 Å². The second-order valence-electron chi connectivity index (χ2n) is 4.33. The van der Waals surface area contributed by atoms with Gasteiger partial charge >= 0.3 is 5.97 Å². The van der Waals surface area contributed by atoms with Gasteiger partial charge < -0.3 is 10.5 Å². The fraction of sp³-hybridized carbons (Fsp3) is 0.900. The number of hydrogen-bond acceptors (Lipinski definition) is 4. The van der Waals surface area contributed by atoms with Gasteiger partial charge in [0.1, 0.15) is 5.60 Å². The zero-order valence-electron chi connectivity index (χ0n) is 9.50. The molecule has 4 heteroatoms. The van der Waals surface area contributed by atoms with Crippen LogP contribution in [0.2, 0.25) is 0 Å². The van der Waals surface area contributed by atoms with E-state index in [2.05, 4.69) is 0 Å². The highest BCUT2D eigenvalue weighted by Gasteiger charge is 2.18. The SMILES string of the molecule is CSCC[C@H](N)CC(=O)OC(C)(C)C. The van der Waals surface area contributed by atoms with Gasteiger partial charge in [-0.2, -0.15) is 11.8 Å². The number of rotatable bonds is 5. The number of thioether (sulfide) groups is 1. The Morgan fingerprint density at radius 2 is 2.07 bits per heavy atom. The lowest BCUT2D eigenvalue weighted by Gasteiger charge is -2.20. The van der Waals surface area contributed by atoms with Crippen LogP contribution in [0.3, 0.4) is 0 Å². The first-order chi connectivity index (χ1) is 6.35. The van der Waals surface area contributed by atoms with Gasteiger partial charge in [0.2, 0.25) is 0 Å². The van der Waals surface area contributed by atoms with Crippen molar-refractivity contribution in [2.45, 2.75) is 45.3 Å². The number of ether oxygens (including phenoxy) is 1.